The molecule has 0 unspecified atom stereocenters. The zero-order valence-electron chi connectivity index (χ0n) is 11.0. The summed E-state index contributed by atoms with van der Waals surface area (Å²) in [6, 6.07) is 8.64. The molecule has 2 rings (SSSR count). The third kappa shape index (κ3) is 3.01. The number of benzene rings is 1. The Balaban J connectivity index is 2.14. The molecule has 1 aromatic carbocycles. The smallest absolute Gasteiger partial charge is 0.119 e. The van der Waals surface area contributed by atoms with Gasteiger partial charge in [0.05, 0.1) is 6.61 Å². The van der Waals surface area contributed by atoms with Crippen molar-refractivity contribution in [3.8, 4) is 5.75 Å². The Morgan fingerprint density at radius 3 is 2.76 bits per heavy atom. The first-order valence-electron chi connectivity index (χ1n) is 6.69. The molecule has 1 aromatic rings. The summed E-state index contributed by atoms with van der Waals surface area (Å²) >= 11 is 0. The molecule has 0 bridgehead atoms. The van der Waals surface area contributed by atoms with Crippen molar-refractivity contribution in [3.05, 3.63) is 29.8 Å². The predicted molar refractivity (Wildman–Crippen MR) is 71.7 cm³/mol. The van der Waals surface area contributed by atoms with Crippen molar-refractivity contribution in [2.24, 2.45) is 0 Å². The SMILES string of the molecule is CCCOc1cccc(C2(C)CCNCC2)c1. The molecular weight excluding hydrogens is 210 g/mol. The van der Waals surface area contributed by atoms with Gasteiger partial charge in [0.25, 0.3) is 0 Å². The fraction of sp³-hybridized carbons (Fsp3) is 0.600. The lowest BCUT2D eigenvalue weighted by Crippen LogP contribution is -2.37. The van der Waals surface area contributed by atoms with Crippen LogP contribution in [0, 0.1) is 0 Å². The van der Waals surface area contributed by atoms with Gasteiger partial charge < -0.3 is 10.1 Å². The Kier molecular flexibility index (Phi) is 4.06. The lowest BCUT2D eigenvalue weighted by atomic mass is 9.75. The van der Waals surface area contributed by atoms with Crippen LogP contribution < -0.4 is 10.1 Å². The molecule has 1 fully saturated rings. The van der Waals surface area contributed by atoms with Gasteiger partial charge in [0.1, 0.15) is 5.75 Å². The van der Waals surface area contributed by atoms with Gasteiger partial charge in [-0.2, -0.15) is 0 Å². The molecule has 1 aliphatic rings. The third-order valence-corrected chi connectivity index (χ3v) is 3.71. The number of hydrogen-bond donors (Lipinski definition) is 1. The fourth-order valence-corrected chi connectivity index (χ4v) is 2.45. The van der Waals surface area contributed by atoms with Gasteiger partial charge in [-0.3, -0.25) is 0 Å². The van der Waals surface area contributed by atoms with E-state index in [2.05, 4.69) is 43.4 Å². The summed E-state index contributed by atoms with van der Waals surface area (Å²) in [5, 5.41) is 3.43. The highest BCUT2D eigenvalue weighted by molar-refractivity contribution is 5.34. The molecule has 1 heterocycles. The highest BCUT2D eigenvalue weighted by atomic mass is 16.5. The van der Waals surface area contributed by atoms with Crippen LogP contribution in [0.5, 0.6) is 5.75 Å². The van der Waals surface area contributed by atoms with Gasteiger partial charge in [-0.15, -0.1) is 0 Å². The van der Waals surface area contributed by atoms with E-state index in [1.54, 1.807) is 0 Å². The molecule has 94 valence electrons. The Morgan fingerprint density at radius 2 is 2.06 bits per heavy atom. The Morgan fingerprint density at radius 1 is 1.29 bits per heavy atom. The van der Waals surface area contributed by atoms with Crippen LogP contribution in [-0.2, 0) is 5.41 Å². The predicted octanol–water partition coefficient (Wildman–Crippen LogP) is 3.12. The maximum Gasteiger partial charge on any atom is 0.119 e. The molecule has 1 aliphatic heterocycles. The summed E-state index contributed by atoms with van der Waals surface area (Å²) in [6.45, 7) is 7.56. The summed E-state index contributed by atoms with van der Waals surface area (Å²) in [4.78, 5) is 0. The van der Waals surface area contributed by atoms with Gasteiger partial charge in [0.2, 0.25) is 0 Å². The van der Waals surface area contributed by atoms with E-state index in [1.165, 1.54) is 18.4 Å². The number of piperidine rings is 1. The maximum absolute atomic E-state index is 5.72. The molecule has 0 spiro atoms. The van der Waals surface area contributed by atoms with Gasteiger partial charge in [-0.05, 0) is 55.5 Å². The van der Waals surface area contributed by atoms with Gasteiger partial charge in [-0.1, -0.05) is 26.0 Å². The topological polar surface area (TPSA) is 21.3 Å². The molecular formula is C15H23NO. The van der Waals surface area contributed by atoms with E-state index in [0.29, 0.717) is 5.41 Å². The van der Waals surface area contributed by atoms with Crippen LogP contribution in [0.2, 0.25) is 0 Å². The molecule has 2 heteroatoms. The number of nitrogens with one attached hydrogen (secondary N) is 1. The first kappa shape index (κ1) is 12.4. The molecule has 0 atom stereocenters. The van der Waals surface area contributed by atoms with Gasteiger partial charge >= 0.3 is 0 Å². The van der Waals surface area contributed by atoms with Gasteiger partial charge in [0, 0.05) is 0 Å². The average Bonchev–Trinajstić information content (AvgIpc) is 2.38. The number of ether oxygens (including phenoxy) is 1. The van der Waals surface area contributed by atoms with E-state index in [4.69, 9.17) is 4.74 Å². The van der Waals surface area contributed by atoms with Crippen LogP contribution in [0.4, 0.5) is 0 Å². The Labute approximate surface area is 104 Å². The van der Waals surface area contributed by atoms with Crippen LogP contribution in [0.25, 0.3) is 0 Å². The Hall–Kier alpha value is -1.02. The minimum absolute atomic E-state index is 0.316. The molecule has 0 radical (unpaired) electrons. The van der Waals surface area contributed by atoms with Crippen molar-refractivity contribution in [2.75, 3.05) is 19.7 Å². The van der Waals surface area contributed by atoms with E-state index in [1.807, 2.05) is 0 Å². The Bertz CT molecular complexity index is 356. The summed E-state index contributed by atoms with van der Waals surface area (Å²) in [6.07, 6.45) is 3.49. The maximum atomic E-state index is 5.72. The summed E-state index contributed by atoms with van der Waals surface area (Å²) in [5.74, 6) is 1.02. The van der Waals surface area contributed by atoms with Crippen LogP contribution in [0.15, 0.2) is 24.3 Å². The minimum Gasteiger partial charge on any atom is -0.494 e. The molecule has 17 heavy (non-hydrogen) atoms. The molecule has 0 aromatic heterocycles. The molecule has 1 saturated heterocycles. The van der Waals surface area contributed by atoms with Crippen molar-refractivity contribution in [1.82, 2.24) is 5.32 Å². The highest BCUT2D eigenvalue weighted by Gasteiger charge is 2.28. The molecule has 0 amide bonds. The lowest BCUT2D eigenvalue weighted by molar-refractivity contribution is 0.311. The summed E-state index contributed by atoms with van der Waals surface area (Å²) in [7, 11) is 0. The first-order chi connectivity index (χ1) is 8.24. The van der Waals surface area contributed by atoms with Crippen molar-refractivity contribution < 1.29 is 4.74 Å². The standard InChI is InChI=1S/C15H23NO/c1-3-11-17-14-6-4-5-13(12-14)15(2)7-9-16-10-8-15/h4-6,12,16H,3,7-11H2,1-2H3. The van der Waals surface area contributed by atoms with E-state index >= 15 is 0 Å². The number of hydrogen-bond acceptors (Lipinski definition) is 2. The second-order valence-electron chi connectivity index (χ2n) is 5.19. The molecule has 0 saturated carbocycles. The van der Waals surface area contributed by atoms with Gasteiger partial charge in [0.15, 0.2) is 0 Å². The van der Waals surface area contributed by atoms with Crippen molar-refractivity contribution in [3.63, 3.8) is 0 Å². The third-order valence-electron chi connectivity index (χ3n) is 3.71. The van der Waals surface area contributed by atoms with Crippen LogP contribution in [0.1, 0.15) is 38.7 Å². The second kappa shape index (κ2) is 5.54. The summed E-state index contributed by atoms with van der Waals surface area (Å²) in [5.41, 5.74) is 1.74. The van der Waals surface area contributed by atoms with Crippen LogP contribution >= 0.6 is 0 Å². The monoisotopic (exact) mass is 233 g/mol. The van der Waals surface area contributed by atoms with Crippen molar-refractivity contribution in [1.29, 1.82) is 0 Å². The molecule has 2 nitrogen and oxygen atoms in total. The molecule has 0 aliphatic carbocycles. The number of rotatable bonds is 4. The van der Waals surface area contributed by atoms with E-state index < -0.39 is 0 Å². The fourth-order valence-electron chi connectivity index (χ4n) is 2.45. The lowest BCUT2D eigenvalue weighted by Gasteiger charge is -2.34. The van der Waals surface area contributed by atoms with E-state index in [-0.39, 0.29) is 0 Å². The average molecular weight is 233 g/mol. The zero-order chi connectivity index (χ0) is 12.1. The molecule has 1 N–H and O–H groups in total. The quantitative estimate of drug-likeness (QED) is 0.862. The van der Waals surface area contributed by atoms with E-state index in [9.17, 15) is 0 Å². The van der Waals surface area contributed by atoms with Crippen LogP contribution in [0.3, 0.4) is 0 Å². The largest absolute Gasteiger partial charge is 0.494 e. The second-order valence-corrected chi connectivity index (χ2v) is 5.19. The zero-order valence-corrected chi connectivity index (χ0v) is 11.0. The minimum atomic E-state index is 0.316. The van der Waals surface area contributed by atoms with Crippen molar-refractivity contribution in [2.45, 2.75) is 38.5 Å². The van der Waals surface area contributed by atoms with Crippen molar-refractivity contribution >= 4 is 0 Å². The van der Waals surface area contributed by atoms with Gasteiger partial charge in [-0.25, -0.2) is 0 Å². The normalized spacial score (nSPS) is 18.9. The highest BCUT2D eigenvalue weighted by Crippen LogP contribution is 2.34. The first-order valence-corrected chi connectivity index (χ1v) is 6.69. The van der Waals surface area contributed by atoms with E-state index in [0.717, 1.165) is 31.9 Å². The summed E-state index contributed by atoms with van der Waals surface area (Å²) < 4.78 is 5.72. The van der Waals surface area contributed by atoms with Crippen LogP contribution in [-0.4, -0.2) is 19.7 Å².